The second-order valence-corrected chi connectivity index (χ2v) is 3.85. The SMILES string of the molecule is CCC(C)N(C)c1nccc(C#N)c1Cl. The van der Waals surface area contributed by atoms with Gasteiger partial charge in [0, 0.05) is 19.3 Å². The Labute approximate surface area is 95.3 Å². The molecule has 0 bridgehead atoms. The molecular formula is C11H14ClN3. The van der Waals surface area contributed by atoms with Crippen molar-refractivity contribution >= 4 is 17.4 Å². The molecule has 0 aliphatic carbocycles. The molecular weight excluding hydrogens is 210 g/mol. The van der Waals surface area contributed by atoms with Crippen LogP contribution in [0.2, 0.25) is 5.02 Å². The lowest BCUT2D eigenvalue weighted by Crippen LogP contribution is -2.29. The molecule has 0 amide bonds. The van der Waals surface area contributed by atoms with Crippen LogP contribution in [0.5, 0.6) is 0 Å². The predicted octanol–water partition coefficient (Wildman–Crippen LogP) is 2.84. The molecule has 0 aromatic carbocycles. The monoisotopic (exact) mass is 223 g/mol. The first-order valence-corrected chi connectivity index (χ1v) is 5.27. The molecule has 4 heteroatoms. The zero-order valence-electron chi connectivity index (χ0n) is 9.16. The number of pyridine rings is 1. The molecule has 1 aromatic heterocycles. The van der Waals surface area contributed by atoms with Gasteiger partial charge in [-0.05, 0) is 19.4 Å². The van der Waals surface area contributed by atoms with Crippen LogP contribution in [-0.2, 0) is 0 Å². The van der Waals surface area contributed by atoms with Crippen molar-refractivity contribution in [1.29, 1.82) is 5.26 Å². The number of nitriles is 1. The standard InChI is InChI=1S/C11H14ClN3/c1-4-8(2)15(3)11-10(12)9(7-13)5-6-14-11/h5-6,8H,4H2,1-3H3. The molecule has 0 fully saturated rings. The van der Waals surface area contributed by atoms with E-state index in [9.17, 15) is 0 Å². The molecule has 1 rings (SSSR count). The van der Waals surface area contributed by atoms with Crippen LogP contribution in [0.3, 0.4) is 0 Å². The second kappa shape index (κ2) is 4.99. The molecule has 1 atom stereocenters. The van der Waals surface area contributed by atoms with Crippen LogP contribution in [0.4, 0.5) is 5.82 Å². The Bertz CT molecular complexity index is 384. The fraction of sp³-hybridized carbons (Fsp3) is 0.455. The first-order chi connectivity index (χ1) is 7.11. The van der Waals surface area contributed by atoms with Crippen molar-refractivity contribution in [3.63, 3.8) is 0 Å². The maximum Gasteiger partial charge on any atom is 0.148 e. The topological polar surface area (TPSA) is 39.9 Å². The van der Waals surface area contributed by atoms with Crippen molar-refractivity contribution in [3.8, 4) is 6.07 Å². The summed E-state index contributed by atoms with van der Waals surface area (Å²) in [6.45, 7) is 4.19. The molecule has 80 valence electrons. The van der Waals surface area contributed by atoms with Crippen molar-refractivity contribution in [3.05, 3.63) is 22.8 Å². The molecule has 0 N–H and O–H groups in total. The van der Waals surface area contributed by atoms with Gasteiger partial charge in [-0.3, -0.25) is 0 Å². The fourth-order valence-corrected chi connectivity index (χ4v) is 1.53. The lowest BCUT2D eigenvalue weighted by atomic mass is 10.2. The van der Waals surface area contributed by atoms with E-state index in [0.29, 0.717) is 22.4 Å². The molecule has 0 spiro atoms. The van der Waals surface area contributed by atoms with Crippen molar-refractivity contribution < 1.29 is 0 Å². The summed E-state index contributed by atoms with van der Waals surface area (Å²) in [5, 5.41) is 9.27. The maximum absolute atomic E-state index is 8.84. The third kappa shape index (κ3) is 2.40. The third-order valence-corrected chi connectivity index (χ3v) is 2.95. The summed E-state index contributed by atoms with van der Waals surface area (Å²) in [7, 11) is 1.93. The Morgan fingerprint density at radius 2 is 2.33 bits per heavy atom. The van der Waals surface area contributed by atoms with Crippen molar-refractivity contribution in [2.24, 2.45) is 0 Å². The van der Waals surface area contributed by atoms with E-state index in [2.05, 4.69) is 18.8 Å². The van der Waals surface area contributed by atoms with Crippen molar-refractivity contribution in [1.82, 2.24) is 4.98 Å². The van der Waals surface area contributed by atoms with Gasteiger partial charge < -0.3 is 4.90 Å². The lowest BCUT2D eigenvalue weighted by Gasteiger charge is -2.25. The first-order valence-electron chi connectivity index (χ1n) is 4.89. The van der Waals surface area contributed by atoms with Gasteiger partial charge in [0.15, 0.2) is 0 Å². The summed E-state index contributed by atoms with van der Waals surface area (Å²) in [4.78, 5) is 6.19. The fourth-order valence-electron chi connectivity index (χ4n) is 1.25. The van der Waals surface area contributed by atoms with Gasteiger partial charge >= 0.3 is 0 Å². The third-order valence-electron chi connectivity index (χ3n) is 2.58. The van der Waals surface area contributed by atoms with E-state index in [0.717, 1.165) is 6.42 Å². The molecule has 1 heterocycles. The Hall–Kier alpha value is -1.27. The summed E-state index contributed by atoms with van der Waals surface area (Å²) >= 11 is 6.08. The van der Waals surface area contributed by atoms with Gasteiger partial charge in [-0.25, -0.2) is 4.98 Å². The summed E-state index contributed by atoms with van der Waals surface area (Å²) in [5.41, 5.74) is 0.469. The van der Waals surface area contributed by atoms with Crippen LogP contribution < -0.4 is 4.90 Å². The smallest absolute Gasteiger partial charge is 0.148 e. The van der Waals surface area contributed by atoms with Gasteiger partial charge in [0.1, 0.15) is 16.9 Å². The van der Waals surface area contributed by atoms with Crippen LogP contribution in [0.1, 0.15) is 25.8 Å². The van der Waals surface area contributed by atoms with E-state index in [-0.39, 0.29) is 0 Å². The van der Waals surface area contributed by atoms with Crippen molar-refractivity contribution in [2.45, 2.75) is 26.3 Å². The minimum absolute atomic E-state index is 0.351. The maximum atomic E-state index is 8.84. The zero-order chi connectivity index (χ0) is 11.4. The van der Waals surface area contributed by atoms with Crippen LogP contribution in [-0.4, -0.2) is 18.1 Å². The van der Waals surface area contributed by atoms with Crippen LogP contribution >= 0.6 is 11.6 Å². The van der Waals surface area contributed by atoms with E-state index >= 15 is 0 Å². The highest BCUT2D eigenvalue weighted by atomic mass is 35.5. The quantitative estimate of drug-likeness (QED) is 0.791. The second-order valence-electron chi connectivity index (χ2n) is 3.48. The number of hydrogen-bond acceptors (Lipinski definition) is 3. The van der Waals surface area contributed by atoms with Crippen LogP contribution in [0.15, 0.2) is 12.3 Å². The molecule has 0 aliphatic rings. The van der Waals surface area contributed by atoms with E-state index in [4.69, 9.17) is 16.9 Å². The van der Waals surface area contributed by atoms with Gasteiger partial charge in [-0.15, -0.1) is 0 Å². The molecule has 1 unspecified atom stereocenters. The highest BCUT2D eigenvalue weighted by Gasteiger charge is 2.14. The van der Waals surface area contributed by atoms with Crippen molar-refractivity contribution in [2.75, 3.05) is 11.9 Å². The normalized spacial score (nSPS) is 11.9. The summed E-state index contributed by atoms with van der Waals surface area (Å²) in [6.07, 6.45) is 2.62. The number of anilines is 1. The molecule has 0 saturated carbocycles. The summed E-state index contributed by atoms with van der Waals surface area (Å²) in [5.74, 6) is 0.671. The van der Waals surface area contributed by atoms with E-state index in [1.54, 1.807) is 12.3 Å². The number of aromatic nitrogens is 1. The minimum Gasteiger partial charge on any atom is -0.356 e. The van der Waals surface area contributed by atoms with E-state index in [1.807, 2.05) is 18.0 Å². The summed E-state index contributed by atoms with van der Waals surface area (Å²) < 4.78 is 0. The average Bonchev–Trinajstić information content (AvgIpc) is 2.27. The molecule has 1 aromatic rings. The molecule has 0 radical (unpaired) electrons. The Kier molecular flexibility index (Phi) is 3.93. The van der Waals surface area contributed by atoms with Gasteiger partial charge in [-0.1, -0.05) is 18.5 Å². The van der Waals surface area contributed by atoms with Gasteiger partial charge in [0.2, 0.25) is 0 Å². The highest BCUT2D eigenvalue weighted by molar-refractivity contribution is 6.34. The Balaban J connectivity index is 3.10. The van der Waals surface area contributed by atoms with E-state index < -0.39 is 0 Å². The molecule has 15 heavy (non-hydrogen) atoms. The predicted molar refractivity (Wildman–Crippen MR) is 62.1 cm³/mol. The number of hydrogen-bond donors (Lipinski definition) is 0. The Morgan fingerprint density at radius 1 is 1.67 bits per heavy atom. The average molecular weight is 224 g/mol. The lowest BCUT2D eigenvalue weighted by molar-refractivity contribution is 0.657. The zero-order valence-corrected chi connectivity index (χ0v) is 9.91. The van der Waals surface area contributed by atoms with Crippen LogP contribution in [0.25, 0.3) is 0 Å². The van der Waals surface area contributed by atoms with Crippen LogP contribution in [0, 0.1) is 11.3 Å². The number of rotatable bonds is 3. The highest BCUT2D eigenvalue weighted by Crippen LogP contribution is 2.27. The van der Waals surface area contributed by atoms with E-state index in [1.165, 1.54) is 0 Å². The molecule has 0 saturated heterocycles. The number of nitrogens with zero attached hydrogens (tertiary/aromatic N) is 3. The first kappa shape index (κ1) is 11.8. The number of halogens is 1. The largest absolute Gasteiger partial charge is 0.356 e. The van der Waals surface area contributed by atoms with Gasteiger partial charge in [-0.2, -0.15) is 5.26 Å². The Morgan fingerprint density at radius 3 is 2.87 bits per heavy atom. The molecule has 3 nitrogen and oxygen atoms in total. The van der Waals surface area contributed by atoms with Gasteiger partial charge in [0.25, 0.3) is 0 Å². The van der Waals surface area contributed by atoms with Gasteiger partial charge in [0.05, 0.1) is 5.56 Å². The minimum atomic E-state index is 0.351. The molecule has 0 aliphatic heterocycles. The summed E-state index contributed by atoms with van der Waals surface area (Å²) in [6, 6.07) is 4.02.